The van der Waals surface area contributed by atoms with Gasteiger partial charge in [0.15, 0.2) is 0 Å². The van der Waals surface area contributed by atoms with Crippen LogP contribution in [-0.4, -0.2) is 45.4 Å². The topological polar surface area (TPSA) is 116 Å². The average Bonchev–Trinajstić information content (AvgIpc) is 2.56. The van der Waals surface area contributed by atoms with E-state index in [1.54, 1.807) is 0 Å². The summed E-state index contributed by atoms with van der Waals surface area (Å²) >= 11 is 0. The summed E-state index contributed by atoms with van der Waals surface area (Å²) in [6.45, 7) is 6.59. The summed E-state index contributed by atoms with van der Waals surface area (Å²) in [6, 6.07) is 4.90. The van der Waals surface area contributed by atoms with Crippen LogP contribution in [0.3, 0.4) is 0 Å². The van der Waals surface area contributed by atoms with Crippen LogP contribution in [0.2, 0.25) is 0 Å². The minimum Gasteiger partial charge on any atom is -0.352 e. The Kier molecular flexibility index (Phi) is 6.74. The minimum atomic E-state index is -3.84. The molecule has 1 aliphatic rings. The number of sulfonamides is 1. The monoisotopic (exact) mass is 382 g/mol. The molecule has 1 fully saturated rings. The largest absolute Gasteiger partial charge is 0.352 e. The number of carbonyl (C=O) groups is 2. The summed E-state index contributed by atoms with van der Waals surface area (Å²) < 4.78 is 27.3. The number of hydrogen-bond donors (Lipinski definition) is 4. The van der Waals surface area contributed by atoms with E-state index in [4.69, 9.17) is 0 Å². The fraction of sp³-hybridized carbons (Fsp3) is 0.529. The van der Waals surface area contributed by atoms with Gasteiger partial charge in [0.1, 0.15) is 0 Å². The molecule has 26 heavy (non-hydrogen) atoms. The van der Waals surface area contributed by atoms with Gasteiger partial charge < -0.3 is 16.0 Å². The van der Waals surface area contributed by atoms with Crippen LogP contribution < -0.4 is 20.7 Å². The van der Waals surface area contributed by atoms with Crippen LogP contribution in [0.5, 0.6) is 0 Å². The molecule has 2 rings (SSSR count). The van der Waals surface area contributed by atoms with Crippen molar-refractivity contribution in [2.45, 2.75) is 44.2 Å². The van der Waals surface area contributed by atoms with E-state index in [1.807, 2.05) is 6.92 Å². The lowest BCUT2D eigenvalue weighted by Gasteiger charge is -2.31. The van der Waals surface area contributed by atoms with Crippen molar-refractivity contribution < 1.29 is 18.0 Å². The predicted molar refractivity (Wildman–Crippen MR) is 99.1 cm³/mol. The summed E-state index contributed by atoms with van der Waals surface area (Å²) in [5.74, 6) is -0.295. The SMILES string of the molecule is CC(=O)Nc1ccc(S(=O)(=O)NC(C)C(=O)NC2CCNCC2C)cc1. The first-order chi connectivity index (χ1) is 12.2. The van der Waals surface area contributed by atoms with Crippen LogP contribution in [0, 0.1) is 5.92 Å². The Morgan fingerprint density at radius 2 is 1.88 bits per heavy atom. The smallest absolute Gasteiger partial charge is 0.241 e. The van der Waals surface area contributed by atoms with Gasteiger partial charge >= 0.3 is 0 Å². The first-order valence-electron chi connectivity index (χ1n) is 8.60. The molecule has 0 spiro atoms. The van der Waals surface area contributed by atoms with Crippen molar-refractivity contribution in [3.05, 3.63) is 24.3 Å². The molecule has 9 heteroatoms. The molecule has 0 bridgehead atoms. The zero-order valence-corrected chi connectivity index (χ0v) is 16.0. The van der Waals surface area contributed by atoms with Crippen LogP contribution in [0.15, 0.2) is 29.2 Å². The first-order valence-corrected chi connectivity index (χ1v) is 10.1. The van der Waals surface area contributed by atoms with E-state index in [-0.39, 0.29) is 28.7 Å². The molecule has 0 saturated carbocycles. The maximum atomic E-state index is 12.4. The lowest BCUT2D eigenvalue weighted by Crippen LogP contribution is -2.53. The Morgan fingerprint density at radius 1 is 1.23 bits per heavy atom. The summed E-state index contributed by atoms with van der Waals surface area (Å²) in [5.41, 5.74) is 0.502. The number of piperidine rings is 1. The van der Waals surface area contributed by atoms with Crippen LogP contribution in [0.4, 0.5) is 5.69 Å². The Labute approximate surface area is 154 Å². The Hall–Kier alpha value is -1.97. The van der Waals surface area contributed by atoms with Gasteiger partial charge in [-0.3, -0.25) is 9.59 Å². The van der Waals surface area contributed by atoms with Gasteiger partial charge in [-0.05, 0) is 56.6 Å². The highest BCUT2D eigenvalue weighted by Gasteiger charge is 2.27. The standard InChI is InChI=1S/C17H26N4O4S/c1-11-10-18-9-8-16(11)20-17(23)12(2)21-26(24,25)15-6-4-14(5-7-15)19-13(3)22/h4-7,11-12,16,18,21H,8-10H2,1-3H3,(H,19,22)(H,20,23). The third-order valence-corrected chi connectivity index (χ3v) is 5.88. The minimum absolute atomic E-state index is 0.0292. The molecule has 0 radical (unpaired) electrons. The predicted octanol–water partition coefficient (Wildman–Crippen LogP) is 0.426. The molecule has 3 atom stereocenters. The van der Waals surface area contributed by atoms with Crippen molar-refractivity contribution in [2.24, 2.45) is 5.92 Å². The number of nitrogens with one attached hydrogen (secondary N) is 4. The molecule has 0 aromatic heterocycles. The number of benzene rings is 1. The summed E-state index contributed by atoms with van der Waals surface area (Å²) in [7, 11) is -3.84. The van der Waals surface area contributed by atoms with Crippen molar-refractivity contribution >= 4 is 27.5 Å². The highest BCUT2D eigenvalue weighted by Crippen LogP contribution is 2.15. The Morgan fingerprint density at radius 3 is 2.46 bits per heavy atom. The summed E-state index contributed by atoms with van der Waals surface area (Å²) in [4.78, 5) is 23.4. The number of rotatable bonds is 6. The zero-order valence-electron chi connectivity index (χ0n) is 15.2. The fourth-order valence-electron chi connectivity index (χ4n) is 2.81. The second-order valence-corrected chi connectivity index (χ2v) is 8.35. The van der Waals surface area contributed by atoms with Crippen molar-refractivity contribution in [2.75, 3.05) is 18.4 Å². The van der Waals surface area contributed by atoms with E-state index < -0.39 is 16.1 Å². The zero-order chi connectivity index (χ0) is 19.3. The van der Waals surface area contributed by atoms with Gasteiger partial charge in [0, 0.05) is 18.7 Å². The second kappa shape index (κ2) is 8.61. The fourth-order valence-corrected chi connectivity index (χ4v) is 4.01. The van der Waals surface area contributed by atoms with Gasteiger partial charge in [0.2, 0.25) is 21.8 Å². The van der Waals surface area contributed by atoms with E-state index in [2.05, 4.69) is 20.7 Å². The van der Waals surface area contributed by atoms with E-state index in [1.165, 1.54) is 38.1 Å². The van der Waals surface area contributed by atoms with Crippen molar-refractivity contribution in [3.63, 3.8) is 0 Å². The third-order valence-electron chi connectivity index (χ3n) is 4.32. The molecular formula is C17H26N4O4S. The lowest BCUT2D eigenvalue weighted by atomic mass is 9.95. The van der Waals surface area contributed by atoms with Crippen LogP contribution in [0.1, 0.15) is 27.2 Å². The molecule has 144 valence electrons. The first kappa shape index (κ1) is 20.3. The summed E-state index contributed by atoms with van der Waals surface area (Å²) in [6.07, 6.45) is 0.816. The molecule has 1 aromatic rings. The normalized spacial score (nSPS) is 21.7. The molecule has 8 nitrogen and oxygen atoms in total. The second-order valence-electron chi connectivity index (χ2n) is 6.63. The van der Waals surface area contributed by atoms with E-state index in [0.29, 0.717) is 5.69 Å². The quantitative estimate of drug-likeness (QED) is 0.569. The van der Waals surface area contributed by atoms with Gasteiger partial charge in [-0.1, -0.05) is 6.92 Å². The van der Waals surface area contributed by atoms with E-state index in [0.717, 1.165) is 19.5 Å². The van der Waals surface area contributed by atoms with Crippen LogP contribution >= 0.6 is 0 Å². The molecular weight excluding hydrogens is 356 g/mol. The molecule has 4 N–H and O–H groups in total. The van der Waals surface area contributed by atoms with E-state index >= 15 is 0 Å². The van der Waals surface area contributed by atoms with E-state index in [9.17, 15) is 18.0 Å². The van der Waals surface area contributed by atoms with Crippen molar-refractivity contribution in [3.8, 4) is 0 Å². The highest BCUT2D eigenvalue weighted by atomic mass is 32.2. The van der Waals surface area contributed by atoms with Crippen molar-refractivity contribution in [1.82, 2.24) is 15.4 Å². The molecule has 1 heterocycles. The summed E-state index contributed by atoms with van der Waals surface area (Å²) in [5, 5.41) is 8.74. The average molecular weight is 382 g/mol. The molecule has 2 amide bonds. The molecule has 1 aliphatic heterocycles. The van der Waals surface area contributed by atoms with Gasteiger partial charge in [-0.15, -0.1) is 0 Å². The van der Waals surface area contributed by atoms with Crippen LogP contribution in [-0.2, 0) is 19.6 Å². The Bertz CT molecular complexity index is 749. The molecule has 0 aliphatic carbocycles. The van der Waals surface area contributed by atoms with Crippen molar-refractivity contribution in [1.29, 1.82) is 0 Å². The maximum Gasteiger partial charge on any atom is 0.241 e. The van der Waals surface area contributed by atoms with Gasteiger partial charge in [0.25, 0.3) is 0 Å². The maximum absolute atomic E-state index is 12.4. The van der Waals surface area contributed by atoms with Gasteiger partial charge in [0.05, 0.1) is 10.9 Å². The Balaban J connectivity index is 1.98. The molecule has 1 saturated heterocycles. The highest BCUT2D eigenvalue weighted by molar-refractivity contribution is 7.89. The number of hydrogen-bond acceptors (Lipinski definition) is 5. The molecule has 3 unspecified atom stereocenters. The van der Waals surface area contributed by atoms with Crippen LogP contribution in [0.25, 0.3) is 0 Å². The lowest BCUT2D eigenvalue weighted by molar-refractivity contribution is -0.123. The third kappa shape index (κ3) is 5.52. The number of anilines is 1. The number of amides is 2. The number of carbonyl (C=O) groups excluding carboxylic acids is 2. The van der Waals surface area contributed by atoms with Gasteiger partial charge in [-0.25, -0.2) is 8.42 Å². The molecule has 1 aromatic carbocycles. The van der Waals surface area contributed by atoms with Gasteiger partial charge in [-0.2, -0.15) is 4.72 Å².